The van der Waals surface area contributed by atoms with Gasteiger partial charge in [-0.15, -0.1) is 0 Å². The van der Waals surface area contributed by atoms with E-state index in [0.29, 0.717) is 17.7 Å². The van der Waals surface area contributed by atoms with Gasteiger partial charge in [0.05, 0.1) is 11.6 Å². The van der Waals surface area contributed by atoms with E-state index in [0.717, 1.165) is 16.8 Å². The second-order valence-corrected chi connectivity index (χ2v) is 6.12. The van der Waals surface area contributed by atoms with Gasteiger partial charge in [-0.25, -0.2) is 4.79 Å². The van der Waals surface area contributed by atoms with Crippen molar-refractivity contribution in [3.05, 3.63) is 53.4 Å². The third kappa shape index (κ3) is 2.89. The molecule has 0 N–H and O–H groups in total. The predicted octanol–water partition coefficient (Wildman–Crippen LogP) is 3.82. The van der Waals surface area contributed by atoms with Crippen LogP contribution in [0, 0.1) is 18.3 Å². The number of anilines is 1. The molecule has 1 aliphatic rings. The van der Waals surface area contributed by atoms with Crippen LogP contribution in [0.25, 0.3) is 0 Å². The van der Waals surface area contributed by atoms with Gasteiger partial charge in [0, 0.05) is 18.3 Å². The van der Waals surface area contributed by atoms with Crippen molar-refractivity contribution in [1.29, 1.82) is 5.26 Å². The molecule has 1 aromatic carbocycles. The first-order chi connectivity index (χ1) is 10.3. The van der Waals surface area contributed by atoms with Crippen molar-refractivity contribution < 1.29 is 9.53 Å². The summed E-state index contributed by atoms with van der Waals surface area (Å²) in [5, 5.41) is 9.03. The summed E-state index contributed by atoms with van der Waals surface area (Å²) in [6, 6.07) is 7.56. The minimum Gasteiger partial charge on any atom is -0.455 e. The Morgan fingerprint density at radius 1 is 1.41 bits per heavy atom. The van der Waals surface area contributed by atoms with Gasteiger partial charge in [0.25, 0.3) is 0 Å². The first-order valence-corrected chi connectivity index (χ1v) is 7.14. The van der Waals surface area contributed by atoms with E-state index in [9.17, 15) is 4.79 Å². The van der Waals surface area contributed by atoms with E-state index in [1.165, 1.54) is 0 Å². The molecule has 1 heterocycles. The molecule has 2 rings (SSSR count). The molecule has 0 saturated carbocycles. The second-order valence-electron chi connectivity index (χ2n) is 6.12. The van der Waals surface area contributed by atoms with E-state index in [1.807, 2.05) is 33.8 Å². The lowest BCUT2D eigenvalue weighted by Crippen LogP contribution is -2.38. The van der Waals surface area contributed by atoms with Gasteiger partial charge in [0.1, 0.15) is 11.3 Å². The Balaban J connectivity index is 2.49. The molecule has 0 amide bonds. The van der Waals surface area contributed by atoms with Crippen LogP contribution in [0.2, 0.25) is 0 Å². The third-order valence-corrected chi connectivity index (χ3v) is 3.69. The molecule has 0 aliphatic carbocycles. The van der Waals surface area contributed by atoms with Crippen molar-refractivity contribution in [2.45, 2.75) is 39.7 Å². The average molecular weight is 296 g/mol. The molecule has 0 bridgehead atoms. The van der Waals surface area contributed by atoms with Crippen molar-refractivity contribution >= 4 is 11.7 Å². The van der Waals surface area contributed by atoms with Crippen LogP contribution < -0.4 is 4.90 Å². The minimum atomic E-state index is -0.488. The fraction of sp³-hybridized carbons (Fsp3) is 0.333. The SMILES string of the molecule is C=CN(C1=C(C)CC(C)(C)OC1=O)c1ccc(C#N)c(C)c1. The zero-order chi connectivity index (χ0) is 16.5. The van der Waals surface area contributed by atoms with Gasteiger partial charge in [0.2, 0.25) is 0 Å². The average Bonchev–Trinajstić information content (AvgIpc) is 2.41. The summed E-state index contributed by atoms with van der Waals surface area (Å²) < 4.78 is 5.50. The van der Waals surface area contributed by atoms with Crippen LogP contribution >= 0.6 is 0 Å². The van der Waals surface area contributed by atoms with Gasteiger partial charge in [-0.05, 0) is 57.0 Å². The number of carbonyl (C=O) groups excluding carboxylic acids is 1. The third-order valence-electron chi connectivity index (χ3n) is 3.69. The maximum absolute atomic E-state index is 12.4. The first-order valence-electron chi connectivity index (χ1n) is 7.14. The van der Waals surface area contributed by atoms with E-state index in [-0.39, 0.29) is 5.97 Å². The zero-order valence-corrected chi connectivity index (χ0v) is 13.4. The molecular formula is C18H20N2O2. The molecule has 114 valence electrons. The molecule has 0 radical (unpaired) electrons. The standard InChI is InChI=1S/C18H20N2O2/c1-6-20(15-8-7-14(11-19)12(2)9-15)16-13(3)10-18(4,5)22-17(16)21/h6-9H,1,10H2,2-5H3. The van der Waals surface area contributed by atoms with E-state index >= 15 is 0 Å². The van der Waals surface area contributed by atoms with Crippen molar-refractivity contribution in [2.75, 3.05) is 4.90 Å². The zero-order valence-electron chi connectivity index (χ0n) is 13.4. The minimum absolute atomic E-state index is 0.351. The van der Waals surface area contributed by atoms with Crippen LogP contribution in [0.4, 0.5) is 5.69 Å². The Bertz CT molecular complexity index is 708. The highest BCUT2D eigenvalue weighted by Gasteiger charge is 2.35. The Hall–Kier alpha value is -2.54. The molecule has 0 atom stereocenters. The van der Waals surface area contributed by atoms with Gasteiger partial charge in [0.15, 0.2) is 0 Å². The number of nitrogens with zero attached hydrogens (tertiary/aromatic N) is 2. The molecule has 0 fully saturated rings. The number of nitriles is 1. The van der Waals surface area contributed by atoms with Crippen molar-refractivity contribution in [3.63, 3.8) is 0 Å². The number of aryl methyl sites for hydroxylation is 1. The molecule has 0 unspecified atom stereocenters. The molecule has 0 saturated heterocycles. The smallest absolute Gasteiger partial charge is 0.355 e. The van der Waals surface area contributed by atoms with E-state index in [1.54, 1.807) is 23.2 Å². The summed E-state index contributed by atoms with van der Waals surface area (Å²) >= 11 is 0. The number of cyclic esters (lactones) is 1. The number of carbonyl (C=O) groups is 1. The van der Waals surface area contributed by atoms with Crippen LogP contribution in [-0.4, -0.2) is 11.6 Å². The van der Waals surface area contributed by atoms with E-state index in [2.05, 4.69) is 12.6 Å². The van der Waals surface area contributed by atoms with Gasteiger partial charge in [-0.3, -0.25) is 0 Å². The van der Waals surface area contributed by atoms with Crippen LogP contribution in [0.15, 0.2) is 42.2 Å². The summed E-state index contributed by atoms with van der Waals surface area (Å²) in [6.45, 7) is 11.4. The lowest BCUT2D eigenvalue weighted by Gasteiger charge is -2.35. The predicted molar refractivity (Wildman–Crippen MR) is 86.1 cm³/mol. The van der Waals surface area contributed by atoms with E-state index < -0.39 is 5.60 Å². The Labute approximate surface area is 131 Å². The van der Waals surface area contributed by atoms with Gasteiger partial charge in [-0.1, -0.05) is 6.58 Å². The monoisotopic (exact) mass is 296 g/mol. The normalized spacial score (nSPS) is 16.8. The highest BCUT2D eigenvalue weighted by molar-refractivity contribution is 5.95. The van der Waals surface area contributed by atoms with Crippen LogP contribution in [-0.2, 0) is 9.53 Å². The Morgan fingerprint density at radius 2 is 2.09 bits per heavy atom. The lowest BCUT2D eigenvalue weighted by atomic mass is 9.94. The Kier molecular flexibility index (Phi) is 4.09. The molecule has 4 nitrogen and oxygen atoms in total. The van der Waals surface area contributed by atoms with Gasteiger partial charge in [-0.2, -0.15) is 5.26 Å². The number of hydrogen-bond donors (Lipinski definition) is 0. The summed E-state index contributed by atoms with van der Waals surface area (Å²) in [6.07, 6.45) is 2.27. The maximum atomic E-state index is 12.4. The van der Waals surface area contributed by atoms with Crippen LogP contribution in [0.3, 0.4) is 0 Å². The number of esters is 1. The van der Waals surface area contributed by atoms with Gasteiger partial charge < -0.3 is 9.64 Å². The summed E-state index contributed by atoms with van der Waals surface area (Å²) in [5.74, 6) is -0.351. The van der Waals surface area contributed by atoms with Crippen molar-refractivity contribution in [3.8, 4) is 6.07 Å². The molecule has 0 spiro atoms. The summed E-state index contributed by atoms with van der Waals surface area (Å²) in [7, 11) is 0. The maximum Gasteiger partial charge on any atom is 0.355 e. The topological polar surface area (TPSA) is 53.3 Å². The number of rotatable bonds is 3. The number of hydrogen-bond acceptors (Lipinski definition) is 4. The van der Waals surface area contributed by atoms with Crippen LogP contribution in [0.5, 0.6) is 0 Å². The molecular weight excluding hydrogens is 276 g/mol. The van der Waals surface area contributed by atoms with Crippen molar-refractivity contribution in [2.24, 2.45) is 0 Å². The second kappa shape index (κ2) is 5.69. The largest absolute Gasteiger partial charge is 0.455 e. The fourth-order valence-electron chi connectivity index (χ4n) is 2.78. The molecule has 1 aliphatic heterocycles. The summed E-state index contributed by atoms with van der Waals surface area (Å²) in [5.41, 5.74) is 3.23. The highest BCUT2D eigenvalue weighted by Crippen LogP contribution is 2.33. The first kappa shape index (κ1) is 15.8. The quantitative estimate of drug-likeness (QED) is 0.796. The van der Waals surface area contributed by atoms with Gasteiger partial charge >= 0.3 is 5.97 Å². The molecule has 4 heteroatoms. The molecule has 1 aromatic rings. The molecule has 0 aromatic heterocycles. The van der Waals surface area contributed by atoms with Crippen LogP contribution in [0.1, 0.15) is 38.3 Å². The lowest BCUT2D eigenvalue weighted by molar-refractivity contribution is -0.153. The highest BCUT2D eigenvalue weighted by atomic mass is 16.6. The number of ether oxygens (including phenoxy) is 1. The fourth-order valence-corrected chi connectivity index (χ4v) is 2.78. The molecule has 22 heavy (non-hydrogen) atoms. The summed E-state index contributed by atoms with van der Waals surface area (Å²) in [4.78, 5) is 14.1. The Morgan fingerprint density at radius 3 is 2.59 bits per heavy atom. The van der Waals surface area contributed by atoms with E-state index in [4.69, 9.17) is 10.00 Å². The number of benzene rings is 1. The van der Waals surface area contributed by atoms with Crippen molar-refractivity contribution in [1.82, 2.24) is 0 Å².